The van der Waals surface area contributed by atoms with Crippen molar-refractivity contribution in [2.75, 3.05) is 13.7 Å². The number of carbonyl (C=O) groups is 1. The summed E-state index contributed by atoms with van der Waals surface area (Å²) in [6, 6.07) is 12.5. The Morgan fingerprint density at radius 2 is 1.87 bits per heavy atom. The molecule has 2 aliphatic rings. The number of allylic oxidation sites excluding steroid dienone is 1. The topological polar surface area (TPSA) is 67.8 Å². The zero-order valence-corrected chi connectivity index (χ0v) is 18.5. The van der Waals surface area contributed by atoms with Crippen LogP contribution in [0.5, 0.6) is 11.5 Å². The molecule has 31 heavy (non-hydrogen) atoms. The number of methoxy groups -OCH3 is 1. The highest BCUT2D eigenvalue weighted by molar-refractivity contribution is 5.85. The maximum Gasteiger partial charge on any atom is 0.161 e. The number of carboxylic acids is 1. The summed E-state index contributed by atoms with van der Waals surface area (Å²) in [5.41, 5.74) is 3.51. The number of ether oxygens (including phenoxy) is 3. The summed E-state index contributed by atoms with van der Waals surface area (Å²) < 4.78 is 17.9. The highest BCUT2D eigenvalue weighted by Gasteiger charge is 2.43. The minimum Gasteiger partial charge on any atom is -0.545 e. The summed E-state index contributed by atoms with van der Waals surface area (Å²) in [4.78, 5) is 10.9. The van der Waals surface area contributed by atoms with Gasteiger partial charge in [-0.1, -0.05) is 55.8 Å². The van der Waals surface area contributed by atoms with Gasteiger partial charge in [0.1, 0.15) is 6.61 Å². The first-order chi connectivity index (χ1) is 14.9. The number of fused-ring (bicyclic) bond motifs is 2. The molecule has 5 heteroatoms. The molecule has 1 heterocycles. The zero-order chi connectivity index (χ0) is 22.1. The summed E-state index contributed by atoms with van der Waals surface area (Å²) in [6.45, 7) is 7.93. The van der Waals surface area contributed by atoms with Gasteiger partial charge < -0.3 is 24.1 Å². The largest absolute Gasteiger partial charge is 0.545 e. The van der Waals surface area contributed by atoms with Gasteiger partial charge in [0.15, 0.2) is 11.5 Å². The number of rotatable bonds is 6. The third-order valence-corrected chi connectivity index (χ3v) is 6.86. The van der Waals surface area contributed by atoms with E-state index in [1.54, 1.807) is 19.2 Å². The van der Waals surface area contributed by atoms with Crippen molar-refractivity contribution in [1.82, 2.24) is 0 Å². The summed E-state index contributed by atoms with van der Waals surface area (Å²) in [5, 5.41) is 10.9. The predicted octanol–water partition coefficient (Wildman–Crippen LogP) is 4.17. The molecule has 2 aromatic carbocycles. The van der Waals surface area contributed by atoms with E-state index in [1.807, 2.05) is 12.1 Å². The fraction of sp³-hybridized carbons (Fsp3) is 0.423. The van der Waals surface area contributed by atoms with Crippen molar-refractivity contribution in [3.05, 3.63) is 70.8 Å². The second kappa shape index (κ2) is 8.75. The summed E-state index contributed by atoms with van der Waals surface area (Å²) in [7, 11) is 1.63. The van der Waals surface area contributed by atoms with E-state index in [2.05, 4.69) is 32.9 Å². The minimum absolute atomic E-state index is 0.00937. The Bertz CT molecular complexity index is 978. The van der Waals surface area contributed by atoms with Gasteiger partial charge in [0, 0.05) is 5.92 Å². The van der Waals surface area contributed by atoms with Crippen molar-refractivity contribution in [2.45, 2.75) is 33.5 Å². The van der Waals surface area contributed by atoms with Gasteiger partial charge in [0.25, 0.3) is 0 Å². The average molecular weight is 422 g/mol. The standard InChI is InChI=1S/C26H30O5/c1-15-11-16(2)24-17(3)21(15)14-31-25(24)20-9-10-22(23(12-20)29-4)30-13-18-5-7-19(8-6-18)26(27)28/h5-12,15,17,21,24-25H,13-14H2,1-4H3,(H,27,28)/p-1/t15-,17-,21-,24+,25-/m1/s1. The SMILES string of the molecule is COc1cc([C@H]2OC[C@H]3[C@@H](C)[C@@H]2C(C)=C[C@H]3C)ccc1OCc1ccc(C(=O)[O-])cc1. The highest BCUT2D eigenvalue weighted by atomic mass is 16.5. The number of aromatic carboxylic acids is 1. The lowest BCUT2D eigenvalue weighted by Gasteiger charge is -2.47. The summed E-state index contributed by atoms with van der Waals surface area (Å²) >= 11 is 0. The van der Waals surface area contributed by atoms with E-state index in [0.29, 0.717) is 41.8 Å². The molecule has 0 aromatic heterocycles. The van der Waals surface area contributed by atoms with Crippen molar-refractivity contribution in [3.8, 4) is 11.5 Å². The first-order valence-corrected chi connectivity index (χ1v) is 10.8. The van der Waals surface area contributed by atoms with Crippen LogP contribution in [-0.4, -0.2) is 19.7 Å². The quantitative estimate of drug-likeness (QED) is 0.655. The molecule has 5 nitrogen and oxygen atoms in total. The highest BCUT2D eigenvalue weighted by Crippen LogP contribution is 2.50. The molecule has 0 radical (unpaired) electrons. The third kappa shape index (κ3) is 4.19. The van der Waals surface area contributed by atoms with Gasteiger partial charge >= 0.3 is 0 Å². The predicted molar refractivity (Wildman–Crippen MR) is 116 cm³/mol. The molecule has 0 saturated carbocycles. The number of carboxylic acid groups (broad SMARTS) is 1. The van der Waals surface area contributed by atoms with Crippen LogP contribution in [0.25, 0.3) is 0 Å². The number of hydrogen-bond donors (Lipinski definition) is 0. The molecule has 164 valence electrons. The molecule has 5 atom stereocenters. The number of benzene rings is 2. The number of carbonyl (C=O) groups excluding carboxylic acids is 1. The molecule has 2 aromatic rings. The molecule has 2 bridgehead atoms. The molecule has 1 aliphatic heterocycles. The molecule has 4 rings (SSSR count). The van der Waals surface area contributed by atoms with Gasteiger partial charge in [-0.25, -0.2) is 0 Å². The maximum absolute atomic E-state index is 10.9. The molecule has 0 spiro atoms. The van der Waals surface area contributed by atoms with E-state index < -0.39 is 5.97 Å². The average Bonchev–Trinajstić information content (AvgIpc) is 2.76. The van der Waals surface area contributed by atoms with Crippen molar-refractivity contribution >= 4 is 5.97 Å². The Kier molecular flexibility index (Phi) is 6.05. The molecule has 0 amide bonds. The first-order valence-electron chi connectivity index (χ1n) is 10.8. The fourth-order valence-electron chi connectivity index (χ4n) is 5.13. The lowest BCUT2D eigenvalue weighted by molar-refractivity contribution is -0.255. The van der Waals surface area contributed by atoms with Gasteiger partial charge in [0.05, 0.1) is 25.8 Å². The van der Waals surface area contributed by atoms with Gasteiger partial charge in [-0.3, -0.25) is 0 Å². The van der Waals surface area contributed by atoms with Gasteiger partial charge in [-0.05, 0) is 53.5 Å². The Morgan fingerprint density at radius 1 is 1.13 bits per heavy atom. The molecular weight excluding hydrogens is 392 g/mol. The van der Waals surface area contributed by atoms with Crippen molar-refractivity contribution in [1.29, 1.82) is 0 Å². The normalized spacial score (nSPS) is 27.4. The van der Waals surface area contributed by atoms with Crippen LogP contribution in [-0.2, 0) is 11.3 Å². The van der Waals surface area contributed by atoms with Crippen LogP contribution in [0, 0.1) is 23.7 Å². The second-order valence-corrected chi connectivity index (χ2v) is 8.76. The first kappa shape index (κ1) is 21.4. The van der Waals surface area contributed by atoms with Crippen LogP contribution < -0.4 is 14.6 Å². The molecule has 0 unspecified atom stereocenters. The summed E-state index contributed by atoms with van der Waals surface area (Å²) in [5.74, 6) is 2.18. The Hall–Kier alpha value is -2.79. The Morgan fingerprint density at radius 3 is 2.55 bits per heavy atom. The lowest BCUT2D eigenvalue weighted by Crippen LogP contribution is -2.42. The molecule has 1 fully saturated rings. The Labute approximate surface area is 183 Å². The molecule has 1 saturated heterocycles. The summed E-state index contributed by atoms with van der Waals surface area (Å²) in [6.07, 6.45) is 2.42. The van der Waals surface area contributed by atoms with Crippen LogP contribution >= 0.6 is 0 Å². The lowest BCUT2D eigenvalue weighted by atomic mass is 9.64. The smallest absolute Gasteiger partial charge is 0.161 e. The molecular formula is C26H29O5-. The van der Waals surface area contributed by atoms with Gasteiger partial charge in [-0.15, -0.1) is 0 Å². The van der Waals surface area contributed by atoms with Crippen molar-refractivity contribution < 1.29 is 24.1 Å². The van der Waals surface area contributed by atoms with Crippen molar-refractivity contribution in [2.24, 2.45) is 23.7 Å². The van der Waals surface area contributed by atoms with Gasteiger partial charge in [0.2, 0.25) is 0 Å². The van der Waals surface area contributed by atoms with Crippen LogP contribution in [0.3, 0.4) is 0 Å². The van der Waals surface area contributed by atoms with E-state index >= 15 is 0 Å². The minimum atomic E-state index is -1.19. The maximum atomic E-state index is 10.9. The van der Waals surface area contributed by atoms with Gasteiger partial charge in [-0.2, -0.15) is 0 Å². The Balaban J connectivity index is 1.52. The number of hydrogen-bond acceptors (Lipinski definition) is 5. The van der Waals surface area contributed by atoms with Crippen molar-refractivity contribution in [3.63, 3.8) is 0 Å². The van der Waals surface area contributed by atoms with Crippen LogP contribution in [0.1, 0.15) is 48.4 Å². The monoisotopic (exact) mass is 421 g/mol. The third-order valence-electron chi connectivity index (χ3n) is 6.86. The molecule has 1 aliphatic carbocycles. The van der Waals surface area contributed by atoms with E-state index in [1.165, 1.54) is 17.7 Å². The van der Waals surface area contributed by atoms with Crippen LogP contribution in [0.2, 0.25) is 0 Å². The molecule has 0 N–H and O–H groups in total. The van der Waals surface area contributed by atoms with E-state index in [4.69, 9.17) is 14.2 Å². The second-order valence-electron chi connectivity index (χ2n) is 8.76. The van der Waals surface area contributed by atoms with E-state index in [9.17, 15) is 9.90 Å². The van der Waals surface area contributed by atoms with Crippen LogP contribution in [0.15, 0.2) is 54.1 Å². The van der Waals surface area contributed by atoms with E-state index in [0.717, 1.165) is 17.7 Å². The fourth-order valence-corrected chi connectivity index (χ4v) is 5.13. The van der Waals surface area contributed by atoms with Crippen LogP contribution in [0.4, 0.5) is 0 Å². The zero-order valence-electron chi connectivity index (χ0n) is 18.5. The van der Waals surface area contributed by atoms with E-state index in [-0.39, 0.29) is 11.7 Å².